The number of allylic oxidation sites excluding steroid dienone is 4. The molecule has 2 aliphatic rings. The summed E-state index contributed by atoms with van der Waals surface area (Å²) in [5, 5.41) is 2.29. The largest absolute Gasteiger partial charge is 0.398 e. The number of benzene rings is 8. The third kappa shape index (κ3) is 6.47. The third-order valence-electron chi connectivity index (χ3n) is 12.2. The van der Waals surface area contributed by atoms with Crippen LogP contribution in [0.3, 0.4) is 0 Å². The highest BCUT2D eigenvalue weighted by Gasteiger charge is 2.31. The topological polar surface area (TPSA) is 29.3 Å². The fourth-order valence-electron chi connectivity index (χ4n) is 9.33. The van der Waals surface area contributed by atoms with Gasteiger partial charge in [-0.1, -0.05) is 147 Å². The quantitative estimate of drug-likeness (QED) is 0.125. The number of nitrogens with zero attached hydrogens (tertiary/aromatic N) is 1. The summed E-state index contributed by atoms with van der Waals surface area (Å²) in [5.74, 6) is 0. The molecule has 10 rings (SSSR count). The number of aryl methyl sites for hydroxylation is 1. The first kappa shape index (κ1) is 36.8. The Kier molecular flexibility index (Phi) is 9.55. The van der Waals surface area contributed by atoms with Crippen molar-refractivity contribution in [3.63, 3.8) is 0 Å². The summed E-state index contributed by atoms with van der Waals surface area (Å²) in [6.45, 7) is 4.54. The molecular formula is C56H46N2S. The fourth-order valence-corrected chi connectivity index (χ4v) is 9.78. The number of thiol groups is 1. The summed E-state index contributed by atoms with van der Waals surface area (Å²) in [6.07, 6.45) is 11.1. The van der Waals surface area contributed by atoms with Crippen LogP contribution < -0.4 is 10.6 Å². The fraction of sp³-hybridized carbons (Fsp3) is 0.107. The third-order valence-corrected chi connectivity index (χ3v) is 12.7. The van der Waals surface area contributed by atoms with Gasteiger partial charge in [0.1, 0.15) is 0 Å². The van der Waals surface area contributed by atoms with Gasteiger partial charge in [-0.3, -0.25) is 0 Å². The van der Waals surface area contributed by atoms with Crippen LogP contribution in [0.2, 0.25) is 0 Å². The van der Waals surface area contributed by atoms with Crippen LogP contribution in [0.1, 0.15) is 42.9 Å². The molecule has 1 aliphatic carbocycles. The Morgan fingerprint density at radius 3 is 2.03 bits per heavy atom. The maximum Gasteiger partial charge on any atom is 0.0636 e. The van der Waals surface area contributed by atoms with Gasteiger partial charge in [-0.15, -0.1) is 12.6 Å². The number of nitrogen functional groups attached to an aromatic ring is 1. The Morgan fingerprint density at radius 2 is 1.27 bits per heavy atom. The van der Waals surface area contributed by atoms with Crippen LogP contribution in [-0.2, 0) is 6.42 Å². The lowest BCUT2D eigenvalue weighted by atomic mass is 9.81. The summed E-state index contributed by atoms with van der Waals surface area (Å²) in [6, 6.07) is 57.7. The SMILES string of the molecule is CCCc1ccccc1-c1cc2c(S)c(c1C)N(c1ccc(C3=CCCC=C3)cc1)c1ccc(-c3ccccc3)cc1-c1c(-c3cc4ccccc4cc3N)cccc1-2. The summed E-state index contributed by atoms with van der Waals surface area (Å²) >= 11 is 5.57. The molecule has 1 heterocycles. The first-order valence-corrected chi connectivity index (χ1v) is 21.3. The summed E-state index contributed by atoms with van der Waals surface area (Å²) in [4.78, 5) is 3.42. The van der Waals surface area contributed by atoms with E-state index in [9.17, 15) is 0 Å². The maximum absolute atomic E-state index is 7.08. The highest BCUT2D eigenvalue weighted by atomic mass is 32.1. The van der Waals surface area contributed by atoms with E-state index in [0.29, 0.717) is 0 Å². The zero-order chi connectivity index (χ0) is 40.0. The van der Waals surface area contributed by atoms with Crippen molar-refractivity contribution in [1.82, 2.24) is 0 Å². The first-order chi connectivity index (χ1) is 29.0. The summed E-state index contributed by atoms with van der Waals surface area (Å²) < 4.78 is 0. The minimum atomic E-state index is 0.753. The Balaban J connectivity index is 1.33. The second-order valence-electron chi connectivity index (χ2n) is 15.8. The highest BCUT2D eigenvalue weighted by Crippen LogP contribution is 2.56. The van der Waals surface area contributed by atoms with Gasteiger partial charge in [0.05, 0.1) is 11.4 Å². The zero-order valence-corrected chi connectivity index (χ0v) is 34.4. The van der Waals surface area contributed by atoms with Crippen LogP contribution in [0, 0.1) is 6.92 Å². The van der Waals surface area contributed by atoms with Gasteiger partial charge in [-0.25, -0.2) is 0 Å². The van der Waals surface area contributed by atoms with Crippen molar-refractivity contribution in [3.8, 4) is 55.6 Å². The number of hydrogen-bond acceptors (Lipinski definition) is 3. The van der Waals surface area contributed by atoms with Crippen molar-refractivity contribution < 1.29 is 0 Å². The lowest BCUT2D eigenvalue weighted by Gasteiger charge is -2.35. The number of rotatable bonds is 7. The van der Waals surface area contributed by atoms with E-state index >= 15 is 0 Å². The molecule has 2 N–H and O–H groups in total. The molecule has 0 saturated carbocycles. The van der Waals surface area contributed by atoms with Crippen LogP contribution >= 0.6 is 12.6 Å². The van der Waals surface area contributed by atoms with Crippen molar-refractivity contribution in [1.29, 1.82) is 0 Å². The lowest BCUT2D eigenvalue weighted by Crippen LogP contribution is -2.16. The van der Waals surface area contributed by atoms with E-state index in [1.54, 1.807) is 0 Å². The molecule has 0 unspecified atom stereocenters. The van der Waals surface area contributed by atoms with Crippen LogP contribution in [0.15, 0.2) is 181 Å². The second kappa shape index (κ2) is 15.3. The van der Waals surface area contributed by atoms with E-state index in [-0.39, 0.29) is 0 Å². The Bertz CT molecular complexity index is 2970. The standard InChI is InChI=1S/C56H46N2S/c1-3-15-40-20-12-13-23-45(40)48-35-50-47-25-14-24-46(49-32-41-21-10-11-22-42(41)34-52(49)57)54(47)51-33-43(38-18-8-5-9-19-38)28-31-53(51)58(55(36(48)2)56(50)59)44-29-26-39(27-30-44)37-16-6-4-7-17-37/h5-6,8-14,16-35,59H,3-4,7,15,57H2,1-2H3. The van der Waals surface area contributed by atoms with Gasteiger partial charge in [0, 0.05) is 27.4 Å². The predicted molar refractivity (Wildman–Crippen MR) is 256 cm³/mol. The van der Waals surface area contributed by atoms with Gasteiger partial charge in [0.2, 0.25) is 0 Å². The second-order valence-corrected chi connectivity index (χ2v) is 16.3. The van der Waals surface area contributed by atoms with E-state index in [4.69, 9.17) is 18.4 Å². The van der Waals surface area contributed by atoms with E-state index in [0.717, 1.165) is 103 Å². The average molecular weight is 779 g/mol. The smallest absolute Gasteiger partial charge is 0.0636 e. The molecule has 286 valence electrons. The molecule has 59 heavy (non-hydrogen) atoms. The van der Waals surface area contributed by atoms with Gasteiger partial charge in [0.15, 0.2) is 0 Å². The molecule has 0 radical (unpaired) electrons. The maximum atomic E-state index is 7.08. The molecule has 2 nitrogen and oxygen atoms in total. The monoisotopic (exact) mass is 778 g/mol. The molecule has 0 amide bonds. The van der Waals surface area contributed by atoms with Gasteiger partial charge in [-0.05, 0) is 146 Å². The molecule has 0 aromatic heterocycles. The van der Waals surface area contributed by atoms with Crippen LogP contribution in [0.4, 0.5) is 22.7 Å². The van der Waals surface area contributed by atoms with Gasteiger partial charge in [-0.2, -0.15) is 0 Å². The van der Waals surface area contributed by atoms with Crippen molar-refractivity contribution in [2.75, 3.05) is 10.6 Å². The number of hydrogen-bond donors (Lipinski definition) is 2. The Labute approximate surface area is 353 Å². The van der Waals surface area contributed by atoms with E-state index in [1.807, 2.05) is 0 Å². The molecule has 0 atom stereocenters. The van der Waals surface area contributed by atoms with Crippen molar-refractivity contribution in [2.24, 2.45) is 0 Å². The molecule has 0 fully saturated rings. The molecule has 1 aliphatic heterocycles. The van der Waals surface area contributed by atoms with Crippen LogP contribution in [0.5, 0.6) is 0 Å². The molecular weight excluding hydrogens is 733 g/mol. The molecule has 0 spiro atoms. The minimum Gasteiger partial charge on any atom is -0.398 e. The van der Waals surface area contributed by atoms with Crippen molar-refractivity contribution in [3.05, 3.63) is 193 Å². The van der Waals surface area contributed by atoms with Gasteiger partial charge >= 0.3 is 0 Å². The van der Waals surface area contributed by atoms with E-state index in [2.05, 4.69) is 195 Å². The number of nitrogens with two attached hydrogens (primary N) is 1. The van der Waals surface area contributed by atoms with Crippen LogP contribution in [0.25, 0.3) is 72.0 Å². The summed E-state index contributed by atoms with van der Waals surface area (Å²) in [5.41, 5.74) is 27.6. The predicted octanol–water partition coefficient (Wildman–Crippen LogP) is 15.8. The average Bonchev–Trinajstić information content (AvgIpc) is 3.28. The minimum absolute atomic E-state index is 0.753. The highest BCUT2D eigenvalue weighted by molar-refractivity contribution is 7.80. The van der Waals surface area contributed by atoms with Crippen molar-refractivity contribution in [2.45, 2.75) is 44.4 Å². The molecule has 0 saturated heterocycles. The first-order valence-electron chi connectivity index (χ1n) is 20.8. The van der Waals surface area contributed by atoms with Gasteiger partial charge < -0.3 is 10.6 Å². The van der Waals surface area contributed by atoms with Crippen molar-refractivity contribution >= 4 is 51.7 Å². The van der Waals surface area contributed by atoms with E-state index < -0.39 is 0 Å². The lowest BCUT2D eigenvalue weighted by molar-refractivity contribution is 0.923. The number of anilines is 4. The molecule has 2 bridgehead atoms. The molecule has 8 aromatic rings. The number of fused-ring (bicyclic) bond motifs is 7. The summed E-state index contributed by atoms with van der Waals surface area (Å²) in [7, 11) is 0. The Morgan fingerprint density at radius 1 is 0.576 bits per heavy atom. The molecule has 3 heteroatoms. The van der Waals surface area contributed by atoms with E-state index in [1.165, 1.54) is 39.0 Å². The Hall–Kier alpha value is -6.55. The zero-order valence-electron chi connectivity index (χ0n) is 33.5. The van der Waals surface area contributed by atoms with Crippen LogP contribution in [-0.4, -0.2) is 0 Å². The molecule has 8 aromatic carbocycles. The van der Waals surface area contributed by atoms with Gasteiger partial charge in [0.25, 0.3) is 0 Å². The normalized spacial score (nSPS) is 13.1.